The lowest BCUT2D eigenvalue weighted by Crippen LogP contribution is -2.11. The first-order chi connectivity index (χ1) is 9.77. The van der Waals surface area contributed by atoms with Crippen LogP contribution in [0.1, 0.15) is 37.5 Å². The van der Waals surface area contributed by atoms with Gasteiger partial charge in [0.2, 0.25) is 0 Å². The fourth-order valence-corrected chi connectivity index (χ4v) is 2.38. The molecule has 2 rings (SSSR count). The molecule has 2 aromatic carbocycles. The zero-order chi connectivity index (χ0) is 15.6. The lowest BCUT2D eigenvalue weighted by molar-refractivity contribution is 0.446. The number of nitrogens with zero attached hydrogens (tertiary/aromatic N) is 1. The molecule has 0 unspecified atom stereocenters. The summed E-state index contributed by atoms with van der Waals surface area (Å²) in [5.41, 5.74) is 3.70. The number of aliphatic imine (C=N–C) groups is 1. The summed E-state index contributed by atoms with van der Waals surface area (Å²) >= 11 is 3.42. The van der Waals surface area contributed by atoms with Gasteiger partial charge >= 0.3 is 0 Å². The maximum Gasteiger partial charge on any atom is 0.119 e. The Bertz CT molecular complexity index is 667. The van der Waals surface area contributed by atoms with Crippen LogP contribution >= 0.6 is 15.9 Å². The number of aromatic hydroxyl groups is 1. The van der Waals surface area contributed by atoms with Crippen molar-refractivity contribution in [3.63, 3.8) is 0 Å². The molecular weight excluding hydrogens is 326 g/mol. The molecule has 0 aliphatic carbocycles. The second-order valence-corrected chi connectivity index (χ2v) is 7.13. The third kappa shape index (κ3) is 3.94. The molecule has 0 aliphatic heterocycles. The second-order valence-electron chi connectivity index (χ2n) is 6.22. The molecule has 3 heteroatoms. The molecule has 0 atom stereocenters. The highest BCUT2D eigenvalue weighted by Gasteiger charge is 2.19. The highest BCUT2D eigenvalue weighted by atomic mass is 79.9. The van der Waals surface area contributed by atoms with E-state index in [4.69, 9.17) is 0 Å². The first-order valence-corrected chi connectivity index (χ1v) is 7.70. The van der Waals surface area contributed by atoms with Gasteiger partial charge in [-0.05, 0) is 47.7 Å². The molecule has 0 bridgehead atoms. The van der Waals surface area contributed by atoms with Crippen molar-refractivity contribution in [1.82, 2.24) is 0 Å². The van der Waals surface area contributed by atoms with E-state index in [9.17, 15) is 5.11 Å². The molecule has 0 aliphatic rings. The standard InChI is InChI=1S/C18H20BrNO/c1-12-9-17(21)15(18(2,3)4)10-16(12)20-11-13-5-7-14(19)8-6-13/h5-11,21H,1-4H3. The minimum absolute atomic E-state index is 0.111. The molecule has 0 heterocycles. The summed E-state index contributed by atoms with van der Waals surface area (Å²) in [7, 11) is 0. The van der Waals surface area contributed by atoms with Crippen molar-refractivity contribution >= 4 is 27.8 Å². The molecule has 0 aromatic heterocycles. The lowest BCUT2D eigenvalue weighted by Gasteiger charge is -2.21. The summed E-state index contributed by atoms with van der Waals surface area (Å²) in [5.74, 6) is 0.336. The lowest BCUT2D eigenvalue weighted by atomic mass is 9.85. The first-order valence-electron chi connectivity index (χ1n) is 6.91. The molecule has 0 fully saturated rings. The SMILES string of the molecule is Cc1cc(O)c(C(C)(C)C)cc1N=Cc1ccc(Br)cc1. The molecule has 1 N–H and O–H groups in total. The Labute approximate surface area is 134 Å². The van der Waals surface area contributed by atoms with Crippen molar-refractivity contribution in [2.24, 2.45) is 4.99 Å². The molecule has 110 valence electrons. The second kappa shape index (κ2) is 6.02. The first kappa shape index (κ1) is 15.8. The molecular formula is C18H20BrNO. The van der Waals surface area contributed by atoms with Crippen LogP contribution in [-0.2, 0) is 5.41 Å². The Morgan fingerprint density at radius 1 is 1.10 bits per heavy atom. The average molecular weight is 346 g/mol. The predicted molar refractivity (Wildman–Crippen MR) is 92.9 cm³/mol. The fraction of sp³-hybridized carbons (Fsp3) is 0.278. The van der Waals surface area contributed by atoms with Crippen LogP contribution in [0.15, 0.2) is 45.9 Å². The molecule has 0 amide bonds. The van der Waals surface area contributed by atoms with Gasteiger partial charge in [-0.3, -0.25) is 4.99 Å². The van der Waals surface area contributed by atoms with Crippen LogP contribution in [0.25, 0.3) is 0 Å². The van der Waals surface area contributed by atoms with E-state index in [0.717, 1.165) is 26.9 Å². The third-order valence-electron chi connectivity index (χ3n) is 3.34. The van der Waals surface area contributed by atoms with E-state index in [1.165, 1.54) is 0 Å². The Balaban J connectivity index is 2.38. The van der Waals surface area contributed by atoms with Crippen LogP contribution < -0.4 is 0 Å². The van der Waals surface area contributed by atoms with Gasteiger partial charge in [0.1, 0.15) is 5.75 Å². The minimum Gasteiger partial charge on any atom is -0.508 e. The van der Waals surface area contributed by atoms with Crippen molar-refractivity contribution in [2.75, 3.05) is 0 Å². The van der Waals surface area contributed by atoms with Gasteiger partial charge in [-0.1, -0.05) is 48.8 Å². The Morgan fingerprint density at radius 3 is 2.29 bits per heavy atom. The van der Waals surface area contributed by atoms with Crippen molar-refractivity contribution in [3.05, 3.63) is 57.6 Å². The topological polar surface area (TPSA) is 32.6 Å². The van der Waals surface area contributed by atoms with Crippen molar-refractivity contribution in [1.29, 1.82) is 0 Å². The Kier molecular flexibility index (Phi) is 4.52. The van der Waals surface area contributed by atoms with Gasteiger partial charge in [0.05, 0.1) is 5.69 Å². The molecule has 21 heavy (non-hydrogen) atoms. The quantitative estimate of drug-likeness (QED) is 0.715. The summed E-state index contributed by atoms with van der Waals surface area (Å²) < 4.78 is 1.05. The summed E-state index contributed by atoms with van der Waals surface area (Å²) in [6, 6.07) is 11.8. The number of aryl methyl sites for hydroxylation is 1. The molecule has 0 radical (unpaired) electrons. The third-order valence-corrected chi connectivity index (χ3v) is 3.87. The molecule has 2 nitrogen and oxygen atoms in total. The van der Waals surface area contributed by atoms with Crippen LogP contribution in [-0.4, -0.2) is 11.3 Å². The molecule has 2 aromatic rings. The molecule has 0 saturated heterocycles. The van der Waals surface area contributed by atoms with Crippen LogP contribution in [0.2, 0.25) is 0 Å². The van der Waals surface area contributed by atoms with Gasteiger partial charge in [0, 0.05) is 16.3 Å². The monoisotopic (exact) mass is 345 g/mol. The van der Waals surface area contributed by atoms with E-state index in [1.54, 1.807) is 6.07 Å². The maximum atomic E-state index is 10.1. The summed E-state index contributed by atoms with van der Waals surface area (Å²) in [5, 5.41) is 10.1. The van der Waals surface area contributed by atoms with Gasteiger partial charge in [-0.15, -0.1) is 0 Å². The van der Waals surface area contributed by atoms with E-state index >= 15 is 0 Å². The number of hydrogen-bond acceptors (Lipinski definition) is 2. The molecule has 0 saturated carbocycles. The van der Waals surface area contributed by atoms with E-state index in [-0.39, 0.29) is 5.41 Å². The zero-order valence-corrected chi connectivity index (χ0v) is 14.4. The number of hydrogen-bond donors (Lipinski definition) is 1. The predicted octanol–water partition coefficient (Wildman–Crippen LogP) is 5.51. The van der Waals surface area contributed by atoms with Crippen molar-refractivity contribution < 1.29 is 5.11 Å². The number of rotatable bonds is 2. The van der Waals surface area contributed by atoms with Gasteiger partial charge in [0.15, 0.2) is 0 Å². The van der Waals surface area contributed by atoms with E-state index < -0.39 is 0 Å². The van der Waals surface area contributed by atoms with Gasteiger partial charge in [0.25, 0.3) is 0 Å². The molecule has 0 spiro atoms. The van der Waals surface area contributed by atoms with Gasteiger partial charge < -0.3 is 5.11 Å². The maximum absolute atomic E-state index is 10.1. The van der Waals surface area contributed by atoms with Gasteiger partial charge in [-0.25, -0.2) is 0 Å². The van der Waals surface area contributed by atoms with E-state index in [0.29, 0.717) is 5.75 Å². The Morgan fingerprint density at radius 2 is 1.71 bits per heavy atom. The van der Waals surface area contributed by atoms with Crippen LogP contribution in [0.5, 0.6) is 5.75 Å². The minimum atomic E-state index is -0.111. The normalized spacial score (nSPS) is 12.0. The Hall–Kier alpha value is -1.61. The number of halogens is 1. The summed E-state index contributed by atoms with van der Waals surface area (Å²) in [6.07, 6.45) is 1.85. The van der Waals surface area contributed by atoms with Gasteiger partial charge in [-0.2, -0.15) is 0 Å². The largest absolute Gasteiger partial charge is 0.508 e. The van der Waals surface area contributed by atoms with E-state index in [1.807, 2.05) is 43.5 Å². The fourth-order valence-electron chi connectivity index (χ4n) is 2.11. The van der Waals surface area contributed by atoms with Crippen LogP contribution in [0, 0.1) is 6.92 Å². The van der Waals surface area contributed by atoms with Crippen LogP contribution in [0.3, 0.4) is 0 Å². The summed E-state index contributed by atoms with van der Waals surface area (Å²) in [4.78, 5) is 4.57. The zero-order valence-electron chi connectivity index (χ0n) is 12.8. The highest BCUT2D eigenvalue weighted by Crippen LogP contribution is 2.35. The number of benzene rings is 2. The average Bonchev–Trinajstić information content (AvgIpc) is 2.38. The van der Waals surface area contributed by atoms with E-state index in [2.05, 4.69) is 41.7 Å². The van der Waals surface area contributed by atoms with Crippen molar-refractivity contribution in [3.8, 4) is 5.75 Å². The summed E-state index contributed by atoms with van der Waals surface area (Å²) in [6.45, 7) is 8.21. The number of phenolic OH excluding ortho intramolecular Hbond substituents is 1. The van der Waals surface area contributed by atoms with Crippen molar-refractivity contribution in [2.45, 2.75) is 33.1 Å². The smallest absolute Gasteiger partial charge is 0.119 e. The number of phenols is 1. The highest BCUT2D eigenvalue weighted by molar-refractivity contribution is 9.10. The van der Waals surface area contributed by atoms with Crippen LogP contribution in [0.4, 0.5) is 5.69 Å².